The van der Waals surface area contributed by atoms with Crippen molar-refractivity contribution >= 4 is 28.7 Å². The SMILES string of the molecule is Nc1nc2cc(Cl)cnc2n1C1CCC1. The summed E-state index contributed by atoms with van der Waals surface area (Å²) in [5.74, 6) is 0.546. The van der Waals surface area contributed by atoms with Crippen molar-refractivity contribution in [3.8, 4) is 0 Å². The summed E-state index contributed by atoms with van der Waals surface area (Å²) in [7, 11) is 0. The Morgan fingerprint density at radius 3 is 2.93 bits per heavy atom. The zero-order chi connectivity index (χ0) is 10.4. The van der Waals surface area contributed by atoms with Crippen LogP contribution in [-0.2, 0) is 0 Å². The van der Waals surface area contributed by atoms with Crippen LogP contribution in [0.4, 0.5) is 5.95 Å². The fraction of sp³-hybridized carbons (Fsp3) is 0.400. The van der Waals surface area contributed by atoms with Gasteiger partial charge in [0.25, 0.3) is 0 Å². The molecule has 2 N–H and O–H groups in total. The third-order valence-electron chi connectivity index (χ3n) is 2.96. The van der Waals surface area contributed by atoms with Gasteiger partial charge in [-0.1, -0.05) is 11.6 Å². The van der Waals surface area contributed by atoms with Gasteiger partial charge < -0.3 is 5.73 Å². The van der Waals surface area contributed by atoms with Crippen molar-refractivity contribution < 1.29 is 0 Å². The van der Waals surface area contributed by atoms with Gasteiger partial charge in [0, 0.05) is 12.2 Å². The molecule has 0 atom stereocenters. The molecule has 1 saturated carbocycles. The van der Waals surface area contributed by atoms with Gasteiger partial charge in [0.05, 0.1) is 5.02 Å². The van der Waals surface area contributed by atoms with Crippen molar-refractivity contribution in [1.29, 1.82) is 0 Å². The molecule has 2 aromatic rings. The maximum atomic E-state index is 5.88. The number of halogens is 1. The molecular formula is C10H11ClN4. The number of anilines is 1. The fourth-order valence-electron chi connectivity index (χ4n) is 1.98. The number of pyridine rings is 1. The summed E-state index contributed by atoms with van der Waals surface area (Å²) < 4.78 is 2.02. The first kappa shape index (κ1) is 8.97. The predicted molar refractivity (Wildman–Crippen MR) is 59.8 cm³/mol. The molecule has 0 spiro atoms. The van der Waals surface area contributed by atoms with E-state index in [0.29, 0.717) is 17.0 Å². The minimum Gasteiger partial charge on any atom is -0.369 e. The average molecular weight is 223 g/mol. The molecule has 1 aliphatic rings. The van der Waals surface area contributed by atoms with E-state index in [1.54, 1.807) is 12.3 Å². The lowest BCUT2D eigenvalue weighted by molar-refractivity contribution is 0.323. The van der Waals surface area contributed by atoms with Crippen molar-refractivity contribution in [2.24, 2.45) is 0 Å². The summed E-state index contributed by atoms with van der Waals surface area (Å²) in [4.78, 5) is 8.56. The van der Waals surface area contributed by atoms with Gasteiger partial charge in [-0.2, -0.15) is 0 Å². The van der Waals surface area contributed by atoms with Gasteiger partial charge in [-0.3, -0.25) is 4.57 Å². The highest BCUT2D eigenvalue weighted by Gasteiger charge is 2.24. The first-order chi connectivity index (χ1) is 7.25. The first-order valence-electron chi connectivity index (χ1n) is 5.04. The van der Waals surface area contributed by atoms with Crippen LogP contribution in [0.15, 0.2) is 12.3 Å². The Balaban J connectivity index is 2.23. The lowest BCUT2D eigenvalue weighted by atomic mass is 9.93. The first-order valence-corrected chi connectivity index (χ1v) is 5.42. The number of nitrogens with zero attached hydrogens (tertiary/aromatic N) is 3. The molecule has 1 aliphatic carbocycles. The molecule has 0 amide bonds. The highest BCUT2D eigenvalue weighted by Crippen LogP contribution is 2.35. The average Bonchev–Trinajstić information content (AvgIpc) is 2.40. The Kier molecular flexibility index (Phi) is 1.85. The molecule has 0 aliphatic heterocycles. The summed E-state index contributed by atoms with van der Waals surface area (Å²) >= 11 is 5.86. The number of aromatic nitrogens is 3. The Labute approximate surface area is 92.1 Å². The van der Waals surface area contributed by atoms with Crippen molar-refractivity contribution in [2.75, 3.05) is 5.73 Å². The van der Waals surface area contributed by atoms with Crippen LogP contribution >= 0.6 is 11.6 Å². The van der Waals surface area contributed by atoms with Crippen LogP contribution in [0.5, 0.6) is 0 Å². The third-order valence-corrected chi connectivity index (χ3v) is 3.17. The topological polar surface area (TPSA) is 56.7 Å². The van der Waals surface area contributed by atoms with Gasteiger partial charge in [-0.15, -0.1) is 0 Å². The van der Waals surface area contributed by atoms with E-state index in [-0.39, 0.29) is 0 Å². The molecule has 0 aromatic carbocycles. The Hall–Kier alpha value is -1.29. The standard InChI is InChI=1S/C10H11ClN4/c11-6-4-8-9(13-5-6)15(10(12)14-8)7-2-1-3-7/h4-5,7H,1-3H2,(H2,12,14). The molecule has 0 unspecified atom stereocenters. The summed E-state index contributed by atoms with van der Waals surface area (Å²) in [6.45, 7) is 0. The van der Waals surface area contributed by atoms with Crippen LogP contribution in [0.25, 0.3) is 11.2 Å². The number of fused-ring (bicyclic) bond motifs is 1. The number of imidazole rings is 1. The van der Waals surface area contributed by atoms with Gasteiger partial charge in [0.15, 0.2) is 5.65 Å². The minimum atomic E-state index is 0.476. The largest absolute Gasteiger partial charge is 0.369 e. The lowest BCUT2D eigenvalue weighted by Gasteiger charge is -2.27. The summed E-state index contributed by atoms with van der Waals surface area (Å²) in [5, 5.41) is 0.598. The monoisotopic (exact) mass is 222 g/mol. The van der Waals surface area contributed by atoms with E-state index < -0.39 is 0 Å². The molecule has 1 fully saturated rings. The zero-order valence-electron chi connectivity index (χ0n) is 8.15. The number of hydrogen-bond acceptors (Lipinski definition) is 3. The lowest BCUT2D eigenvalue weighted by Crippen LogP contribution is -2.18. The highest BCUT2D eigenvalue weighted by atomic mass is 35.5. The van der Waals surface area contributed by atoms with E-state index in [4.69, 9.17) is 17.3 Å². The van der Waals surface area contributed by atoms with E-state index in [9.17, 15) is 0 Å². The van der Waals surface area contributed by atoms with Gasteiger partial charge in [-0.05, 0) is 25.3 Å². The number of rotatable bonds is 1. The number of nitrogens with two attached hydrogens (primary N) is 1. The van der Waals surface area contributed by atoms with E-state index >= 15 is 0 Å². The smallest absolute Gasteiger partial charge is 0.202 e. The number of nitrogen functional groups attached to an aromatic ring is 1. The molecule has 0 radical (unpaired) electrons. The second-order valence-electron chi connectivity index (χ2n) is 3.92. The molecule has 0 bridgehead atoms. The summed E-state index contributed by atoms with van der Waals surface area (Å²) in [5.41, 5.74) is 7.52. The van der Waals surface area contributed by atoms with Crippen molar-refractivity contribution in [3.05, 3.63) is 17.3 Å². The van der Waals surface area contributed by atoms with Crippen molar-refractivity contribution in [3.63, 3.8) is 0 Å². The van der Waals surface area contributed by atoms with Crippen LogP contribution in [0.3, 0.4) is 0 Å². The second-order valence-corrected chi connectivity index (χ2v) is 4.36. The van der Waals surface area contributed by atoms with Crippen LogP contribution in [0.2, 0.25) is 5.02 Å². The summed E-state index contributed by atoms with van der Waals surface area (Å²) in [6.07, 6.45) is 5.23. The minimum absolute atomic E-state index is 0.476. The van der Waals surface area contributed by atoms with E-state index in [1.807, 2.05) is 4.57 Å². The molecular weight excluding hydrogens is 212 g/mol. The fourth-order valence-corrected chi connectivity index (χ4v) is 2.13. The predicted octanol–water partition coefficient (Wildman–Crippen LogP) is 2.39. The summed E-state index contributed by atoms with van der Waals surface area (Å²) in [6, 6.07) is 2.28. The highest BCUT2D eigenvalue weighted by molar-refractivity contribution is 6.31. The van der Waals surface area contributed by atoms with Crippen LogP contribution in [0.1, 0.15) is 25.3 Å². The molecule has 3 rings (SSSR count). The maximum Gasteiger partial charge on any atom is 0.202 e. The van der Waals surface area contributed by atoms with Gasteiger partial charge in [-0.25, -0.2) is 9.97 Å². The quantitative estimate of drug-likeness (QED) is 0.806. The van der Waals surface area contributed by atoms with E-state index in [2.05, 4.69) is 9.97 Å². The zero-order valence-corrected chi connectivity index (χ0v) is 8.91. The Bertz CT molecular complexity index is 515. The molecule has 78 valence electrons. The van der Waals surface area contributed by atoms with Crippen LogP contribution in [-0.4, -0.2) is 14.5 Å². The normalized spacial score (nSPS) is 16.9. The van der Waals surface area contributed by atoms with Crippen molar-refractivity contribution in [1.82, 2.24) is 14.5 Å². The molecule has 0 saturated heterocycles. The van der Waals surface area contributed by atoms with Gasteiger partial charge in [0.1, 0.15) is 5.52 Å². The van der Waals surface area contributed by atoms with Crippen LogP contribution in [0, 0.1) is 0 Å². The maximum absolute atomic E-state index is 5.88. The number of hydrogen-bond donors (Lipinski definition) is 1. The second kappa shape index (κ2) is 3.10. The van der Waals surface area contributed by atoms with Crippen molar-refractivity contribution in [2.45, 2.75) is 25.3 Å². The third kappa shape index (κ3) is 1.28. The molecule has 5 heteroatoms. The van der Waals surface area contributed by atoms with Gasteiger partial charge >= 0.3 is 0 Å². The molecule has 2 heterocycles. The Morgan fingerprint density at radius 2 is 2.27 bits per heavy atom. The van der Waals surface area contributed by atoms with Crippen LogP contribution < -0.4 is 5.73 Å². The molecule has 4 nitrogen and oxygen atoms in total. The van der Waals surface area contributed by atoms with E-state index in [0.717, 1.165) is 11.2 Å². The molecule has 15 heavy (non-hydrogen) atoms. The Morgan fingerprint density at radius 1 is 1.47 bits per heavy atom. The van der Waals surface area contributed by atoms with Gasteiger partial charge in [0.2, 0.25) is 5.95 Å². The molecule has 2 aromatic heterocycles. The van der Waals surface area contributed by atoms with E-state index in [1.165, 1.54) is 19.3 Å².